The van der Waals surface area contributed by atoms with Gasteiger partial charge in [-0.2, -0.15) is 9.78 Å². The van der Waals surface area contributed by atoms with Crippen LogP contribution in [0.3, 0.4) is 0 Å². The third-order valence-corrected chi connectivity index (χ3v) is 4.55. The number of amides is 1. The number of nitro groups is 1. The first-order valence-corrected chi connectivity index (χ1v) is 9.06. The number of hydrogen-bond donors (Lipinski definition) is 1. The number of rotatable bonds is 5. The third-order valence-electron chi connectivity index (χ3n) is 4.55. The second-order valence-electron chi connectivity index (χ2n) is 6.49. The SMILES string of the molecule is CCn1c(-n2nc(C)cc2NC(=O)c2ccc([N+](=O)[O-])cc2)nc2ccccc21. The Kier molecular flexibility index (Phi) is 4.55. The molecule has 0 aliphatic heterocycles. The monoisotopic (exact) mass is 390 g/mol. The molecule has 0 saturated heterocycles. The molecule has 0 aliphatic rings. The van der Waals surface area contributed by atoms with E-state index >= 15 is 0 Å². The molecule has 0 atom stereocenters. The van der Waals surface area contributed by atoms with Crippen molar-refractivity contribution < 1.29 is 9.72 Å². The van der Waals surface area contributed by atoms with E-state index in [1.807, 2.05) is 42.7 Å². The maximum atomic E-state index is 12.7. The maximum absolute atomic E-state index is 12.7. The van der Waals surface area contributed by atoms with E-state index in [1.165, 1.54) is 24.3 Å². The Morgan fingerprint density at radius 1 is 1.17 bits per heavy atom. The van der Waals surface area contributed by atoms with Crippen LogP contribution in [0.15, 0.2) is 54.6 Å². The molecule has 0 bridgehead atoms. The van der Waals surface area contributed by atoms with Crippen molar-refractivity contribution in [3.8, 4) is 5.95 Å². The number of aromatic nitrogens is 4. The van der Waals surface area contributed by atoms with Crippen LogP contribution in [0.2, 0.25) is 0 Å². The number of imidazole rings is 1. The zero-order valence-electron chi connectivity index (χ0n) is 15.9. The minimum absolute atomic E-state index is 0.0703. The molecule has 9 heteroatoms. The molecule has 0 aliphatic carbocycles. The van der Waals surface area contributed by atoms with Crippen molar-refractivity contribution in [3.05, 3.63) is 76.0 Å². The second-order valence-corrected chi connectivity index (χ2v) is 6.49. The number of hydrogen-bond acceptors (Lipinski definition) is 5. The highest BCUT2D eigenvalue weighted by molar-refractivity contribution is 6.04. The fraction of sp³-hybridized carbons (Fsp3) is 0.150. The third kappa shape index (κ3) is 3.33. The molecule has 146 valence electrons. The first-order valence-electron chi connectivity index (χ1n) is 9.06. The molecule has 2 heterocycles. The van der Waals surface area contributed by atoms with Gasteiger partial charge in [0.1, 0.15) is 5.82 Å². The molecular weight excluding hydrogens is 372 g/mol. The Hall–Kier alpha value is -4.01. The van der Waals surface area contributed by atoms with Crippen molar-refractivity contribution in [2.75, 3.05) is 5.32 Å². The second kappa shape index (κ2) is 7.19. The summed E-state index contributed by atoms with van der Waals surface area (Å²) in [5, 5.41) is 18.1. The smallest absolute Gasteiger partial charge is 0.269 e. The number of carbonyl (C=O) groups is 1. The summed E-state index contributed by atoms with van der Waals surface area (Å²) < 4.78 is 3.62. The number of aryl methyl sites for hydroxylation is 2. The number of non-ortho nitro benzene ring substituents is 1. The van der Waals surface area contributed by atoms with Gasteiger partial charge in [-0.05, 0) is 38.1 Å². The highest BCUT2D eigenvalue weighted by atomic mass is 16.6. The van der Waals surface area contributed by atoms with Crippen LogP contribution in [0.25, 0.3) is 17.0 Å². The first-order chi connectivity index (χ1) is 14.0. The standard InChI is InChI=1S/C20H18N6O3/c1-3-24-17-7-5-4-6-16(17)21-20(24)25-18(12-13(2)23-25)22-19(27)14-8-10-15(11-9-14)26(28)29/h4-12H,3H2,1-2H3,(H,22,27). The lowest BCUT2D eigenvalue weighted by Gasteiger charge is -2.10. The Bertz CT molecular complexity index is 1220. The van der Waals surface area contributed by atoms with Crippen LogP contribution in [0.1, 0.15) is 23.0 Å². The lowest BCUT2D eigenvalue weighted by molar-refractivity contribution is -0.384. The van der Waals surface area contributed by atoms with E-state index in [9.17, 15) is 14.9 Å². The van der Waals surface area contributed by atoms with Crippen molar-refractivity contribution >= 4 is 28.4 Å². The molecule has 1 N–H and O–H groups in total. The predicted molar refractivity (Wildman–Crippen MR) is 108 cm³/mol. The highest BCUT2D eigenvalue weighted by Crippen LogP contribution is 2.23. The summed E-state index contributed by atoms with van der Waals surface area (Å²) in [5.41, 5.74) is 2.78. The van der Waals surface area contributed by atoms with Gasteiger partial charge >= 0.3 is 0 Å². The van der Waals surface area contributed by atoms with Crippen LogP contribution in [0.4, 0.5) is 11.5 Å². The van der Waals surface area contributed by atoms with Crippen LogP contribution in [0, 0.1) is 17.0 Å². The van der Waals surface area contributed by atoms with E-state index in [0.717, 1.165) is 16.7 Å². The molecule has 0 saturated carbocycles. The molecule has 0 spiro atoms. The molecule has 4 rings (SSSR count). The maximum Gasteiger partial charge on any atom is 0.269 e. The van der Waals surface area contributed by atoms with Crippen molar-refractivity contribution in [2.45, 2.75) is 20.4 Å². The summed E-state index contributed by atoms with van der Waals surface area (Å²) in [6.45, 7) is 4.53. The molecular formula is C20H18N6O3. The van der Waals surface area contributed by atoms with Crippen molar-refractivity contribution in [2.24, 2.45) is 0 Å². The molecule has 1 amide bonds. The number of benzene rings is 2. The Labute approximate surface area is 165 Å². The number of nitrogens with zero attached hydrogens (tertiary/aromatic N) is 5. The van der Waals surface area contributed by atoms with Crippen LogP contribution in [-0.2, 0) is 6.54 Å². The predicted octanol–water partition coefficient (Wildman–Crippen LogP) is 3.71. The summed E-state index contributed by atoms with van der Waals surface area (Å²) in [7, 11) is 0. The van der Waals surface area contributed by atoms with Crippen molar-refractivity contribution in [3.63, 3.8) is 0 Å². The van der Waals surface area contributed by atoms with E-state index < -0.39 is 4.92 Å². The van der Waals surface area contributed by atoms with E-state index in [0.29, 0.717) is 23.9 Å². The first kappa shape index (κ1) is 18.4. The summed E-state index contributed by atoms with van der Waals surface area (Å²) in [6.07, 6.45) is 0. The molecule has 2 aromatic heterocycles. The summed E-state index contributed by atoms with van der Waals surface area (Å²) >= 11 is 0. The van der Waals surface area contributed by atoms with Crippen LogP contribution in [0.5, 0.6) is 0 Å². The average Bonchev–Trinajstić information content (AvgIpc) is 3.27. The quantitative estimate of drug-likeness (QED) is 0.413. The van der Waals surface area contributed by atoms with Gasteiger partial charge in [0.15, 0.2) is 0 Å². The van der Waals surface area contributed by atoms with E-state index in [2.05, 4.69) is 15.4 Å². The van der Waals surface area contributed by atoms with Crippen molar-refractivity contribution in [1.82, 2.24) is 19.3 Å². The van der Waals surface area contributed by atoms with Gasteiger partial charge in [0.2, 0.25) is 5.95 Å². The fourth-order valence-electron chi connectivity index (χ4n) is 3.20. The number of para-hydroxylation sites is 2. The van der Waals surface area contributed by atoms with Crippen LogP contribution in [-0.4, -0.2) is 30.2 Å². The average molecular weight is 390 g/mol. The largest absolute Gasteiger partial charge is 0.309 e. The van der Waals surface area contributed by atoms with Gasteiger partial charge in [-0.15, -0.1) is 0 Å². The molecule has 2 aromatic carbocycles. The van der Waals surface area contributed by atoms with Gasteiger partial charge in [-0.3, -0.25) is 14.9 Å². The topological polar surface area (TPSA) is 108 Å². The summed E-state index contributed by atoms with van der Waals surface area (Å²) in [4.78, 5) is 27.6. The fourth-order valence-corrected chi connectivity index (χ4v) is 3.20. The highest BCUT2D eigenvalue weighted by Gasteiger charge is 2.18. The van der Waals surface area contributed by atoms with Gasteiger partial charge in [0, 0.05) is 30.3 Å². The Morgan fingerprint density at radius 3 is 2.59 bits per heavy atom. The summed E-state index contributed by atoms with van der Waals surface area (Å²) in [5.74, 6) is 0.678. The minimum atomic E-state index is -0.505. The lowest BCUT2D eigenvalue weighted by atomic mass is 10.2. The van der Waals surface area contributed by atoms with Crippen LogP contribution < -0.4 is 5.32 Å². The molecule has 4 aromatic rings. The van der Waals surface area contributed by atoms with Gasteiger partial charge in [-0.1, -0.05) is 12.1 Å². The van der Waals surface area contributed by atoms with Gasteiger partial charge < -0.3 is 9.88 Å². The van der Waals surface area contributed by atoms with Gasteiger partial charge in [0.25, 0.3) is 11.6 Å². The number of nitro benzene ring substituents is 1. The number of fused-ring (bicyclic) bond motifs is 1. The zero-order chi connectivity index (χ0) is 20.5. The molecule has 29 heavy (non-hydrogen) atoms. The number of carbonyl (C=O) groups excluding carboxylic acids is 1. The Morgan fingerprint density at radius 2 is 1.90 bits per heavy atom. The normalized spacial score (nSPS) is 11.0. The van der Waals surface area contributed by atoms with Crippen LogP contribution >= 0.6 is 0 Å². The molecule has 0 radical (unpaired) electrons. The van der Waals surface area contributed by atoms with Gasteiger partial charge in [-0.25, -0.2) is 4.98 Å². The van der Waals surface area contributed by atoms with Gasteiger partial charge in [0.05, 0.1) is 21.7 Å². The molecule has 0 unspecified atom stereocenters. The zero-order valence-corrected chi connectivity index (χ0v) is 15.9. The minimum Gasteiger partial charge on any atom is -0.309 e. The molecule has 9 nitrogen and oxygen atoms in total. The lowest BCUT2D eigenvalue weighted by Crippen LogP contribution is -2.17. The van der Waals surface area contributed by atoms with E-state index in [4.69, 9.17) is 0 Å². The van der Waals surface area contributed by atoms with Crippen molar-refractivity contribution in [1.29, 1.82) is 0 Å². The Balaban J connectivity index is 1.71. The summed E-state index contributed by atoms with van der Waals surface area (Å²) in [6, 6.07) is 15.0. The number of nitrogens with one attached hydrogen (secondary N) is 1. The molecule has 0 fully saturated rings. The van der Waals surface area contributed by atoms with E-state index in [1.54, 1.807) is 10.7 Å². The van der Waals surface area contributed by atoms with E-state index in [-0.39, 0.29) is 11.6 Å². The number of anilines is 1.